The van der Waals surface area contributed by atoms with E-state index in [1.165, 1.54) is 19.3 Å². The molecule has 3 nitrogen and oxygen atoms in total. The van der Waals surface area contributed by atoms with Crippen LogP contribution in [0.3, 0.4) is 0 Å². The lowest BCUT2D eigenvalue weighted by atomic mass is 10.0. The zero-order valence-electron chi connectivity index (χ0n) is 9.60. The third-order valence-electron chi connectivity index (χ3n) is 4.00. The molecule has 0 aromatic carbocycles. The van der Waals surface area contributed by atoms with Gasteiger partial charge in [0.05, 0.1) is 5.56 Å². The Kier molecular flexibility index (Phi) is 2.90. The molecule has 2 fully saturated rings. The predicted octanol–water partition coefficient (Wildman–Crippen LogP) is 2.72. The fourth-order valence-corrected chi connectivity index (χ4v) is 3.54. The lowest BCUT2D eigenvalue weighted by Gasteiger charge is -2.17. The summed E-state index contributed by atoms with van der Waals surface area (Å²) in [6.07, 6.45) is 5.62. The third kappa shape index (κ3) is 1.99. The molecule has 3 rings (SSSR count). The number of carbonyl (C=O) groups excluding carboxylic acids is 1. The number of rotatable bonds is 1. The second-order valence-corrected chi connectivity index (χ2v) is 5.75. The number of aromatic nitrogens is 1. The molecular weight excluding hydrogens is 280 g/mol. The van der Waals surface area contributed by atoms with Gasteiger partial charge in [0.2, 0.25) is 0 Å². The molecule has 2 heterocycles. The third-order valence-corrected chi connectivity index (χ3v) is 4.63. The Morgan fingerprint density at radius 2 is 2.06 bits per heavy atom. The first-order valence-electron chi connectivity index (χ1n) is 6.15. The largest absolute Gasteiger partial charge is 0.338 e. The van der Waals surface area contributed by atoms with Gasteiger partial charge in [-0.1, -0.05) is 6.42 Å². The van der Waals surface area contributed by atoms with Crippen LogP contribution >= 0.6 is 15.9 Å². The molecule has 90 valence electrons. The molecule has 2 unspecified atom stereocenters. The number of fused-ring (bicyclic) bond motifs is 1. The van der Waals surface area contributed by atoms with Crippen molar-refractivity contribution in [3.05, 3.63) is 28.5 Å². The monoisotopic (exact) mass is 294 g/mol. The molecule has 17 heavy (non-hydrogen) atoms. The van der Waals surface area contributed by atoms with Crippen LogP contribution in [0.2, 0.25) is 0 Å². The van der Waals surface area contributed by atoms with Crippen LogP contribution in [0.4, 0.5) is 0 Å². The maximum Gasteiger partial charge on any atom is 0.256 e. The predicted molar refractivity (Wildman–Crippen MR) is 68.7 cm³/mol. The van der Waals surface area contributed by atoms with Gasteiger partial charge in [0, 0.05) is 19.3 Å². The molecular formula is C13H15BrN2O. The van der Waals surface area contributed by atoms with Crippen molar-refractivity contribution in [1.82, 2.24) is 9.88 Å². The van der Waals surface area contributed by atoms with Gasteiger partial charge in [0.1, 0.15) is 4.60 Å². The SMILES string of the molecule is O=C(c1cccnc1Br)N1CC2CCCC2C1. The first kappa shape index (κ1) is 11.2. The normalized spacial score (nSPS) is 27.2. The van der Waals surface area contributed by atoms with E-state index in [1.54, 1.807) is 6.20 Å². The number of carbonyl (C=O) groups is 1. The van der Waals surface area contributed by atoms with Gasteiger partial charge in [-0.15, -0.1) is 0 Å². The second kappa shape index (κ2) is 4.41. The average molecular weight is 295 g/mol. The van der Waals surface area contributed by atoms with E-state index in [2.05, 4.69) is 20.9 Å². The van der Waals surface area contributed by atoms with Crippen LogP contribution < -0.4 is 0 Å². The highest BCUT2D eigenvalue weighted by molar-refractivity contribution is 9.10. The summed E-state index contributed by atoms with van der Waals surface area (Å²) in [6.45, 7) is 1.87. The number of pyridine rings is 1. The molecule has 4 heteroatoms. The molecule has 1 aromatic heterocycles. The van der Waals surface area contributed by atoms with Crippen molar-refractivity contribution in [2.75, 3.05) is 13.1 Å². The molecule has 1 saturated heterocycles. The van der Waals surface area contributed by atoms with Gasteiger partial charge in [-0.25, -0.2) is 4.98 Å². The minimum Gasteiger partial charge on any atom is -0.338 e. The fraction of sp³-hybridized carbons (Fsp3) is 0.538. The highest BCUT2D eigenvalue weighted by Gasteiger charge is 2.38. The van der Waals surface area contributed by atoms with Crippen molar-refractivity contribution in [2.45, 2.75) is 19.3 Å². The fourth-order valence-electron chi connectivity index (χ4n) is 3.12. The topological polar surface area (TPSA) is 33.2 Å². The first-order valence-corrected chi connectivity index (χ1v) is 6.95. The smallest absolute Gasteiger partial charge is 0.256 e. The van der Waals surface area contributed by atoms with Crippen molar-refractivity contribution in [1.29, 1.82) is 0 Å². The van der Waals surface area contributed by atoms with Gasteiger partial charge in [-0.05, 0) is 52.7 Å². The van der Waals surface area contributed by atoms with Gasteiger partial charge in [0.25, 0.3) is 5.91 Å². The van der Waals surface area contributed by atoms with Crippen LogP contribution in [0.25, 0.3) is 0 Å². The van der Waals surface area contributed by atoms with E-state index in [-0.39, 0.29) is 5.91 Å². The number of hydrogen-bond acceptors (Lipinski definition) is 2. The van der Waals surface area contributed by atoms with Crippen molar-refractivity contribution in [3.8, 4) is 0 Å². The van der Waals surface area contributed by atoms with Gasteiger partial charge >= 0.3 is 0 Å². The van der Waals surface area contributed by atoms with E-state index in [0.717, 1.165) is 24.9 Å². The van der Waals surface area contributed by atoms with Crippen molar-refractivity contribution < 1.29 is 4.79 Å². The molecule has 0 bridgehead atoms. The summed E-state index contributed by atoms with van der Waals surface area (Å²) >= 11 is 3.35. The molecule has 2 atom stereocenters. The Morgan fingerprint density at radius 3 is 2.71 bits per heavy atom. The first-order chi connectivity index (χ1) is 8.25. The summed E-state index contributed by atoms with van der Waals surface area (Å²) in [7, 11) is 0. The van der Waals surface area contributed by atoms with E-state index < -0.39 is 0 Å². The number of amides is 1. The molecule has 1 saturated carbocycles. The van der Waals surface area contributed by atoms with Crippen LogP contribution in [-0.4, -0.2) is 28.9 Å². The van der Waals surface area contributed by atoms with Gasteiger partial charge < -0.3 is 4.90 Å². The van der Waals surface area contributed by atoms with E-state index in [9.17, 15) is 4.79 Å². The lowest BCUT2D eigenvalue weighted by Crippen LogP contribution is -2.29. The molecule has 1 aliphatic heterocycles. The summed E-state index contributed by atoms with van der Waals surface area (Å²) in [5.74, 6) is 1.61. The summed E-state index contributed by atoms with van der Waals surface area (Å²) in [5.41, 5.74) is 0.687. The number of likely N-dealkylation sites (tertiary alicyclic amines) is 1. The van der Waals surface area contributed by atoms with Gasteiger partial charge in [-0.2, -0.15) is 0 Å². The van der Waals surface area contributed by atoms with Crippen LogP contribution in [0.1, 0.15) is 29.6 Å². The Hall–Kier alpha value is -0.900. The number of nitrogens with zero attached hydrogens (tertiary/aromatic N) is 2. The zero-order valence-corrected chi connectivity index (χ0v) is 11.2. The Labute approximate surface area is 109 Å². The lowest BCUT2D eigenvalue weighted by molar-refractivity contribution is 0.0779. The zero-order chi connectivity index (χ0) is 11.8. The minimum atomic E-state index is 0.124. The number of hydrogen-bond donors (Lipinski definition) is 0. The van der Waals surface area contributed by atoms with Gasteiger partial charge in [-0.3, -0.25) is 4.79 Å². The molecule has 0 N–H and O–H groups in total. The quantitative estimate of drug-likeness (QED) is 0.746. The highest BCUT2D eigenvalue weighted by atomic mass is 79.9. The Morgan fingerprint density at radius 1 is 1.35 bits per heavy atom. The maximum absolute atomic E-state index is 12.4. The van der Waals surface area contributed by atoms with Crippen molar-refractivity contribution in [3.63, 3.8) is 0 Å². The molecule has 1 aliphatic carbocycles. The standard InChI is InChI=1S/C13H15BrN2O/c14-12-11(5-2-6-15-12)13(17)16-7-9-3-1-4-10(9)8-16/h2,5-6,9-10H,1,3-4,7-8H2. The van der Waals surface area contributed by atoms with E-state index >= 15 is 0 Å². The van der Waals surface area contributed by atoms with E-state index in [4.69, 9.17) is 0 Å². The van der Waals surface area contributed by atoms with Crippen LogP contribution in [-0.2, 0) is 0 Å². The van der Waals surface area contributed by atoms with Crippen LogP contribution in [0, 0.1) is 11.8 Å². The van der Waals surface area contributed by atoms with Crippen LogP contribution in [0.15, 0.2) is 22.9 Å². The summed E-state index contributed by atoms with van der Waals surface area (Å²) < 4.78 is 0.655. The molecule has 1 aromatic rings. The molecule has 0 radical (unpaired) electrons. The second-order valence-electron chi connectivity index (χ2n) is 5.00. The van der Waals surface area contributed by atoms with E-state index in [1.807, 2.05) is 17.0 Å². The Bertz CT molecular complexity index is 437. The minimum absolute atomic E-state index is 0.124. The summed E-state index contributed by atoms with van der Waals surface area (Å²) in [6, 6.07) is 3.66. The van der Waals surface area contributed by atoms with Crippen molar-refractivity contribution in [2.24, 2.45) is 11.8 Å². The van der Waals surface area contributed by atoms with E-state index in [0.29, 0.717) is 10.2 Å². The van der Waals surface area contributed by atoms with Gasteiger partial charge in [0.15, 0.2) is 0 Å². The summed E-state index contributed by atoms with van der Waals surface area (Å²) in [4.78, 5) is 18.5. The summed E-state index contributed by atoms with van der Waals surface area (Å²) in [5, 5.41) is 0. The molecule has 0 spiro atoms. The number of halogens is 1. The highest BCUT2D eigenvalue weighted by Crippen LogP contribution is 2.38. The van der Waals surface area contributed by atoms with Crippen molar-refractivity contribution >= 4 is 21.8 Å². The maximum atomic E-state index is 12.4. The Balaban J connectivity index is 1.78. The molecule has 1 amide bonds. The molecule has 2 aliphatic rings. The van der Waals surface area contributed by atoms with Crippen LogP contribution in [0.5, 0.6) is 0 Å². The average Bonchev–Trinajstić information content (AvgIpc) is 2.88.